The Morgan fingerprint density at radius 3 is 2.35 bits per heavy atom. The molecule has 0 atom stereocenters. The van der Waals surface area contributed by atoms with Crippen LogP contribution in [0.4, 0.5) is 0 Å². The van der Waals surface area contributed by atoms with E-state index in [0.29, 0.717) is 0 Å². The lowest BCUT2D eigenvalue weighted by molar-refractivity contribution is 0.414. The molecule has 0 aliphatic heterocycles. The molecule has 0 aliphatic rings. The van der Waals surface area contributed by atoms with Crippen molar-refractivity contribution in [2.75, 3.05) is 7.11 Å². The fraction of sp³-hybridized carbons (Fsp3) is 0.0667. The van der Waals surface area contributed by atoms with Gasteiger partial charge in [-0.2, -0.15) is 0 Å². The fourth-order valence-electron chi connectivity index (χ4n) is 1.51. The van der Waals surface area contributed by atoms with Crippen LogP contribution in [0, 0.1) is 0 Å². The molecule has 0 spiro atoms. The molecule has 17 heavy (non-hydrogen) atoms. The molecule has 0 fully saturated rings. The highest BCUT2D eigenvalue weighted by Crippen LogP contribution is 2.16. The first-order valence-corrected chi connectivity index (χ1v) is 6.15. The summed E-state index contributed by atoms with van der Waals surface area (Å²) in [7, 11) is 1.68. The summed E-state index contributed by atoms with van der Waals surface area (Å²) in [6.07, 6.45) is 4.16. The van der Waals surface area contributed by atoms with Crippen molar-refractivity contribution in [2.24, 2.45) is 0 Å². The number of rotatable bonds is 3. The normalized spacial score (nSPS) is 10.7. The third-order valence-corrected chi connectivity index (χ3v) is 2.96. The molecule has 1 nitrogen and oxygen atoms in total. The van der Waals surface area contributed by atoms with E-state index in [1.165, 1.54) is 5.56 Å². The minimum Gasteiger partial charge on any atom is -0.497 e. The second kappa shape index (κ2) is 5.69. The molecule has 2 aromatic rings. The largest absolute Gasteiger partial charge is 0.497 e. The topological polar surface area (TPSA) is 9.23 Å². The first kappa shape index (κ1) is 11.9. The molecular formula is C15H13BrO. The van der Waals surface area contributed by atoms with Crippen molar-refractivity contribution in [1.82, 2.24) is 0 Å². The number of benzene rings is 2. The Balaban J connectivity index is 2.16. The lowest BCUT2D eigenvalue weighted by Crippen LogP contribution is -1.82. The monoisotopic (exact) mass is 288 g/mol. The molecule has 2 heteroatoms. The number of hydrogen-bond acceptors (Lipinski definition) is 1. The first-order chi connectivity index (χ1) is 8.28. The molecule has 0 aromatic heterocycles. The van der Waals surface area contributed by atoms with Crippen molar-refractivity contribution >= 4 is 28.1 Å². The van der Waals surface area contributed by atoms with E-state index in [-0.39, 0.29) is 0 Å². The molecule has 0 N–H and O–H groups in total. The number of halogens is 1. The molecule has 0 radical (unpaired) electrons. The zero-order valence-electron chi connectivity index (χ0n) is 9.56. The van der Waals surface area contributed by atoms with Crippen LogP contribution in [-0.2, 0) is 0 Å². The van der Waals surface area contributed by atoms with Gasteiger partial charge in [-0.25, -0.2) is 0 Å². The van der Waals surface area contributed by atoms with E-state index in [1.54, 1.807) is 7.11 Å². The Bertz CT molecular complexity index is 515. The van der Waals surface area contributed by atoms with Crippen molar-refractivity contribution in [2.45, 2.75) is 0 Å². The predicted octanol–water partition coefficient (Wildman–Crippen LogP) is 4.63. The summed E-state index contributed by atoms with van der Waals surface area (Å²) in [5.74, 6) is 0.878. The van der Waals surface area contributed by atoms with Gasteiger partial charge in [0.15, 0.2) is 0 Å². The molecule has 0 unspecified atom stereocenters. The van der Waals surface area contributed by atoms with Crippen molar-refractivity contribution in [1.29, 1.82) is 0 Å². The number of hydrogen-bond donors (Lipinski definition) is 0. The highest BCUT2D eigenvalue weighted by Gasteiger charge is 1.92. The summed E-state index contributed by atoms with van der Waals surface area (Å²) in [4.78, 5) is 0. The van der Waals surface area contributed by atoms with Crippen molar-refractivity contribution < 1.29 is 4.74 Å². The van der Waals surface area contributed by atoms with Crippen LogP contribution < -0.4 is 4.74 Å². The second-order valence-electron chi connectivity index (χ2n) is 3.66. The van der Waals surface area contributed by atoms with Gasteiger partial charge < -0.3 is 4.74 Å². The van der Waals surface area contributed by atoms with Crippen LogP contribution in [-0.4, -0.2) is 7.11 Å². The van der Waals surface area contributed by atoms with E-state index in [1.807, 2.05) is 30.3 Å². The molecule has 86 valence electrons. The highest BCUT2D eigenvalue weighted by atomic mass is 79.9. The minimum absolute atomic E-state index is 0.878. The average Bonchev–Trinajstić information content (AvgIpc) is 2.38. The minimum atomic E-state index is 0.878. The van der Waals surface area contributed by atoms with E-state index >= 15 is 0 Å². The maximum absolute atomic E-state index is 5.18. The van der Waals surface area contributed by atoms with Gasteiger partial charge in [0.05, 0.1) is 7.11 Å². The van der Waals surface area contributed by atoms with Gasteiger partial charge in [0, 0.05) is 4.47 Å². The van der Waals surface area contributed by atoms with Crippen LogP contribution in [0.2, 0.25) is 0 Å². The quantitative estimate of drug-likeness (QED) is 0.749. The van der Waals surface area contributed by atoms with Gasteiger partial charge in [0.25, 0.3) is 0 Å². The van der Waals surface area contributed by atoms with Crippen molar-refractivity contribution in [3.63, 3.8) is 0 Å². The first-order valence-electron chi connectivity index (χ1n) is 5.35. The fourth-order valence-corrected chi connectivity index (χ4v) is 1.78. The average molecular weight is 289 g/mol. The van der Waals surface area contributed by atoms with Crippen molar-refractivity contribution in [3.05, 3.63) is 64.1 Å². The van der Waals surface area contributed by atoms with Gasteiger partial charge in [-0.1, -0.05) is 52.3 Å². The Labute approximate surface area is 110 Å². The van der Waals surface area contributed by atoms with Gasteiger partial charge in [-0.05, 0) is 35.4 Å². The van der Waals surface area contributed by atoms with Crippen LogP contribution in [0.15, 0.2) is 53.0 Å². The maximum Gasteiger partial charge on any atom is 0.119 e. The number of methoxy groups -OCH3 is 1. The van der Waals surface area contributed by atoms with Gasteiger partial charge in [0.1, 0.15) is 5.75 Å². The van der Waals surface area contributed by atoms with Crippen LogP contribution in [0.25, 0.3) is 12.2 Å². The standard InChI is InChI=1S/C15H13BrO/c1-17-15-4-2-3-13(11-15)6-5-12-7-9-14(16)10-8-12/h2-11H,1H3/b6-5-. The van der Waals surface area contributed by atoms with E-state index in [4.69, 9.17) is 4.74 Å². The van der Waals surface area contributed by atoms with Gasteiger partial charge in [-0.3, -0.25) is 0 Å². The molecule has 2 aromatic carbocycles. The van der Waals surface area contributed by atoms with Crippen LogP contribution in [0.5, 0.6) is 5.75 Å². The van der Waals surface area contributed by atoms with Gasteiger partial charge in [-0.15, -0.1) is 0 Å². The molecule has 2 rings (SSSR count). The maximum atomic E-state index is 5.18. The van der Waals surface area contributed by atoms with E-state index < -0.39 is 0 Å². The Kier molecular flexibility index (Phi) is 3.99. The summed E-state index contributed by atoms with van der Waals surface area (Å²) in [5, 5.41) is 0. The molecule has 0 heterocycles. The van der Waals surface area contributed by atoms with Gasteiger partial charge in [0.2, 0.25) is 0 Å². The summed E-state index contributed by atoms with van der Waals surface area (Å²) >= 11 is 3.42. The summed E-state index contributed by atoms with van der Waals surface area (Å²) in [6, 6.07) is 16.2. The SMILES string of the molecule is COc1cccc(/C=C\c2ccc(Br)cc2)c1. The molecule has 0 bridgehead atoms. The highest BCUT2D eigenvalue weighted by molar-refractivity contribution is 9.10. The summed E-state index contributed by atoms with van der Waals surface area (Å²) in [6.45, 7) is 0. The molecule has 0 saturated carbocycles. The summed E-state index contributed by atoms with van der Waals surface area (Å²) in [5.41, 5.74) is 2.31. The third kappa shape index (κ3) is 3.46. The Morgan fingerprint density at radius 1 is 0.941 bits per heavy atom. The summed E-state index contributed by atoms with van der Waals surface area (Å²) < 4.78 is 6.28. The molecule has 0 amide bonds. The van der Waals surface area contributed by atoms with Gasteiger partial charge >= 0.3 is 0 Å². The van der Waals surface area contributed by atoms with Crippen LogP contribution in [0.3, 0.4) is 0 Å². The van der Waals surface area contributed by atoms with E-state index in [0.717, 1.165) is 15.8 Å². The number of ether oxygens (including phenoxy) is 1. The zero-order chi connectivity index (χ0) is 12.1. The molecule has 0 aliphatic carbocycles. The van der Waals surface area contributed by atoms with E-state index in [9.17, 15) is 0 Å². The Morgan fingerprint density at radius 2 is 1.65 bits per heavy atom. The second-order valence-corrected chi connectivity index (χ2v) is 4.58. The lowest BCUT2D eigenvalue weighted by atomic mass is 10.1. The predicted molar refractivity (Wildman–Crippen MR) is 76.1 cm³/mol. The molecular weight excluding hydrogens is 276 g/mol. The lowest BCUT2D eigenvalue weighted by Gasteiger charge is -2.00. The van der Waals surface area contributed by atoms with E-state index in [2.05, 4.69) is 46.3 Å². The van der Waals surface area contributed by atoms with Crippen LogP contribution in [0.1, 0.15) is 11.1 Å². The van der Waals surface area contributed by atoms with Crippen LogP contribution >= 0.6 is 15.9 Å². The Hall–Kier alpha value is -1.54. The smallest absolute Gasteiger partial charge is 0.119 e. The third-order valence-electron chi connectivity index (χ3n) is 2.43. The molecule has 0 saturated heterocycles. The van der Waals surface area contributed by atoms with Crippen molar-refractivity contribution in [3.8, 4) is 5.75 Å². The zero-order valence-corrected chi connectivity index (χ0v) is 11.1.